The van der Waals surface area contributed by atoms with Crippen LogP contribution in [0.2, 0.25) is 0 Å². The van der Waals surface area contributed by atoms with Crippen LogP contribution in [0.1, 0.15) is 42.6 Å². The molecule has 1 aliphatic heterocycles. The molecule has 20 heavy (non-hydrogen) atoms. The summed E-state index contributed by atoms with van der Waals surface area (Å²) in [4.78, 5) is 0. The SMILES string of the molecule is CCCC1c2ccccc2C=Cn2c1nnc2S(C)=O. The van der Waals surface area contributed by atoms with Gasteiger partial charge in [-0.15, -0.1) is 10.2 Å². The summed E-state index contributed by atoms with van der Waals surface area (Å²) in [5.74, 6) is 1.09. The lowest BCUT2D eigenvalue weighted by molar-refractivity contribution is 0.646. The Kier molecular flexibility index (Phi) is 3.53. The van der Waals surface area contributed by atoms with Crippen molar-refractivity contribution in [1.29, 1.82) is 0 Å². The van der Waals surface area contributed by atoms with Crippen LogP contribution in [0.3, 0.4) is 0 Å². The van der Waals surface area contributed by atoms with E-state index >= 15 is 0 Å². The van der Waals surface area contributed by atoms with Crippen LogP contribution in [0, 0.1) is 0 Å². The topological polar surface area (TPSA) is 47.8 Å². The van der Waals surface area contributed by atoms with Crippen molar-refractivity contribution >= 4 is 23.1 Å². The largest absolute Gasteiger partial charge is 0.278 e. The Morgan fingerprint density at radius 3 is 2.85 bits per heavy atom. The zero-order valence-corrected chi connectivity index (χ0v) is 12.4. The Hall–Kier alpha value is -1.75. The van der Waals surface area contributed by atoms with Crippen LogP contribution in [-0.2, 0) is 10.8 Å². The number of hydrogen-bond donors (Lipinski definition) is 0. The summed E-state index contributed by atoms with van der Waals surface area (Å²) >= 11 is 0. The molecule has 0 radical (unpaired) electrons. The van der Waals surface area contributed by atoms with Crippen LogP contribution < -0.4 is 0 Å². The quantitative estimate of drug-likeness (QED) is 0.872. The molecule has 2 unspecified atom stereocenters. The minimum Gasteiger partial charge on any atom is -0.278 e. The molecule has 5 heteroatoms. The summed E-state index contributed by atoms with van der Waals surface area (Å²) < 4.78 is 13.7. The molecule has 0 saturated heterocycles. The maximum atomic E-state index is 11.8. The normalized spacial score (nSPS) is 18.2. The van der Waals surface area contributed by atoms with E-state index in [1.807, 2.05) is 22.9 Å². The molecule has 3 rings (SSSR count). The Bertz CT molecular complexity index is 690. The zero-order chi connectivity index (χ0) is 14.1. The van der Waals surface area contributed by atoms with Gasteiger partial charge in [-0.3, -0.25) is 8.78 Å². The van der Waals surface area contributed by atoms with E-state index in [0.717, 1.165) is 18.7 Å². The second-order valence-corrected chi connectivity index (χ2v) is 6.22. The number of aromatic nitrogens is 3. The summed E-state index contributed by atoms with van der Waals surface area (Å²) in [6.45, 7) is 2.17. The maximum absolute atomic E-state index is 11.8. The lowest BCUT2D eigenvalue weighted by Gasteiger charge is -2.16. The van der Waals surface area contributed by atoms with Gasteiger partial charge in [-0.2, -0.15) is 0 Å². The fourth-order valence-corrected chi connectivity index (χ4v) is 3.30. The van der Waals surface area contributed by atoms with Crippen molar-refractivity contribution in [3.05, 3.63) is 41.2 Å². The van der Waals surface area contributed by atoms with Crippen molar-refractivity contribution < 1.29 is 4.21 Å². The predicted molar refractivity (Wildman–Crippen MR) is 80.8 cm³/mol. The van der Waals surface area contributed by atoms with Gasteiger partial charge in [0.05, 0.1) is 10.8 Å². The van der Waals surface area contributed by atoms with Crippen LogP contribution in [0.4, 0.5) is 0 Å². The fraction of sp³-hybridized carbons (Fsp3) is 0.333. The van der Waals surface area contributed by atoms with E-state index in [1.54, 1.807) is 6.26 Å². The third-order valence-corrected chi connectivity index (χ3v) is 4.40. The van der Waals surface area contributed by atoms with Crippen LogP contribution in [0.15, 0.2) is 29.4 Å². The summed E-state index contributed by atoms with van der Waals surface area (Å²) in [6.07, 6.45) is 7.69. The lowest BCUT2D eigenvalue weighted by atomic mass is 9.90. The van der Waals surface area contributed by atoms with Gasteiger partial charge in [0.15, 0.2) is 0 Å². The van der Waals surface area contributed by atoms with Crippen LogP contribution in [0.25, 0.3) is 12.3 Å². The van der Waals surface area contributed by atoms with Gasteiger partial charge in [-0.05, 0) is 23.6 Å². The highest BCUT2D eigenvalue weighted by molar-refractivity contribution is 7.84. The molecule has 0 bridgehead atoms. The third-order valence-electron chi connectivity index (χ3n) is 3.61. The highest BCUT2D eigenvalue weighted by atomic mass is 32.2. The van der Waals surface area contributed by atoms with E-state index in [1.165, 1.54) is 11.1 Å². The maximum Gasteiger partial charge on any atom is 0.225 e. The lowest BCUT2D eigenvalue weighted by Crippen LogP contribution is -2.08. The number of benzene rings is 1. The molecule has 4 nitrogen and oxygen atoms in total. The first-order chi connectivity index (χ1) is 9.72. The first-order valence-electron chi connectivity index (χ1n) is 6.77. The summed E-state index contributed by atoms with van der Waals surface area (Å²) in [5, 5.41) is 8.93. The standard InChI is InChI=1S/C15H17N3OS/c1-3-6-13-12-8-5-4-7-11(12)9-10-18-14(13)16-17-15(18)20(2)19/h4-5,7-10,13H,3,6H2,1-2H3. The number of nitrogens with zero attached hydrogens (tertiary/aromatic N) is 3. The van der Waals surface area contributed by atoms with Crippen molar-refractivity contribution in [2.45, 2.75) is 30.8 Å². The van der Waals surface area contributed by atoms with Crippen molar-refractivity contribution in [3.8, 4) is 0 Å². The van der Waals surface area contributed by atoms with E-state index in [9.17, 15) is 4.21 Å². The fourth-order valence-electron chi connectivity index (χ4n) is 2.71. The molecule has 0 aliphatic carbocycles. The molecule has 1 aromatic heterocycles. The Balaban J connectivity index is 2.21. The van der Waals surface area contributed by atoms with Gasteiger partial charge in [0.25, 0.3) is 0 Å². The molecular weight excluding hydrogens is 270 g/mol. The van der Waals surface area contributed by atoms with Crippen molar-refractivity contribution in [2.24, 2.45) is 0 Å². The van der Waals surface area contributed by atoms with Crippen molar-refractivity contribution in [3.63, 3.8) is 0 Å². The Morgan fingerprint density at radius 2 is 2.10 bits per heavy atom. The average molecular weight is 287 g/mol. The van der Waals surface area contributed by atoms with Gasteiger partial charge in [0.2, 0.25) is 5.16 Å². The Morgan fingerprint density at radius 1 is 1.30 bits per heavy atom. The third kappa shape index (κ3) is 2.12. The Labute approximate surface area is 121 Å². The second-order valence-electron chi connectivity index (χ2n) is 4.95. The van der Waals surface area contributed by atoms with Crippen molar-refractivity contribution in [2.75, 3.05) is 6.26 Å². The predicted octanol–water partition coefficient (Wildman–Crippen LogP) is 2.89. The molecule has 0 saturated carbocycles. The molecular formula is C15H17N3OS. The highest BCUT2D eigenvalue weighted by Crippen LogP contribution is 2.34. The van der Waals surface area contributed by atoms with Crippen molar-refractivity contribution in [1.82, 2.24) is 14.8 Å². The van der Waals surface area contributed by atoms with Crippen LogP contribution in [-0.4, -0.2) is 25.2 Å². The molecule has 2 aromatic rings. The molecule has 0 N–H and O–H groups in total. The van der Waals surface area contributed by atoms with Gasteiger partial charge < -0.3 is 0 Å². The first kappa shape index (κ1) is 13.2. The monoisotopic (exact) mass is 287 g/mol. The number of rotatable bonds is 3. The molecule has 0 fully saturated rings. The number of hydrogen-bond acceptors (Lipinski definition) is 3. The van der Waals surface area contributed by atoms with E-state index in [-0.39, 0.29) is 5.92 Å². The zero-order valence-electron chi connectivity index (χ0n) is 11.6. The first-order valence-corrected chi connectivity index (χ1v) is 8.33. The average Bonchev–Trinajstić information content (AvgIpc) is 2.80. The smallest absolute Gasteiger partial charge is 0.225 e. The molecule has 2 atom stereocenters. The highest BCUT2D eigenvalue weighted by Gasteiger charge is 2.25. The minimum atomic E-state index is -1.14. The summed E-state index contributed by atoms with van der Waals surface area (Å²) in [5.41, 5.74) is 2.47. The van der Waals surface area contributed by atoms with E-state index in [4.69, 9.17) is 0 Å². The second kappa shape index (κ2) is 5.32. The molecule has 104 valence electrons. The van der Waals surface area contributed by atoms with Gasteiger partial charge in [0, 0.05) is 18.4 Å². The van der Waals surface area contributed by atoms with E-state index < -0.39 is 10.8 Å². The van der Waals surface area contributed by atoms with E-state index in [0.29, 0.717) is 5.16 Å². The van der Waals surface area contributed by atoms with Gasteiger partial charge in [-0.1, -0.05) is 37.6 Å². The van der Waals surface area contributed by atoms with E-state index in [2.05, 4.69) is 35.3 Å². The molecule has 0 spiro atoms. The molecule has 0 amide bonds. The molecule has 1 aliphatic rings. The van der Waals surface area contributed by atoms with Gasteiger partial charge >= 0.3 is 0 Å². The van der Waals surface area contributed by atoms with Gasteiger partial charge in [0.1, 0.15) is 5.82 Å². The summed E-state index contributed by atoms with van der Waals surface area (Å²) in [7, 11) is -1.14. The number of fused-ring (bicyclic) bond motifs is 2. The van der Waals surface area contributed by atoms with Crippen LogP contribution in [0.5, 0.6) is 0 Å². The molecule has 2 heterocycles. The minimum absolute atomic E-state index is 0.205. The van der Waals surface area contributed by atoms with Gasteiger partial charge in [-0.25, -0.2) is 0 Å². The molecule has 1 aromatic carbocycles. The summed E-state index contributed by atoms with van der Waals surface area (Å²) in [6, 6.07) is 8.35. The van der Waals surface area contributed by atoms with Crippen LogP contribution >= 0.6 is 0 Å².